The Bertz CT molecular complexity index is 739. The van der Waals surface area contributed by atoms with Gasteiger partial charge in [-0.3, -0.25) is 0 Å². The number of furan rings is 1. The van der Waals surface area contributed by atoms with E-state index in [4.69, 9.17) is 13.9 Å². The third-order valence-electron chi connectivity index (χ3n) is 2.90. The second kappa shape index (κ2) is 6.13. The summed E-state index contributed by atoms with van der Waals surface area (Å²) >= 11 is 0. The first kappa shape index (κ1) is 13.9. The zero-order valence-corrected chi connectivity index (χ0v) is 11.7. The number of ether oxygens (including phenoxy) is 2. The zero-order chi connectivity index (χ0) is 15.4. The number of aliphatic imine (C=N–C) groups is 1. The van der Waals surface area contributed by atoms with Crippen LogP contribution in [-0.4, -0.2) is 18.5 Å². The molecular weight excluding hydrogens is 282 g/mol. The molecule has 2 heterocycles. The molecule has 0 bridgehead atoms. The van der Waals surface area contributed by atoms with Crippen LogP contribution in [0.4, 0.5) is 0 Å². The summed E-state index contributed by atoms with van der Waals surface area (Å²) in [5.74, 6) is 0.825. The Hall–Kier alpha value is -3.08. The number of hydrogen-bond acceptors (Lipinski definition) is 5. The minimum Gasteiger partial charge on any atom is -0.490 e. The van der Waals surface area contributed by atoms with Crippen LogP contribution in [0.15, 0.2) is 70.4 Å². The summed E-state index contributed by atoms with van der Waals surface area (Å²) in [6, 6.07) is 10.7. The molecule has 1 aliphatic heterocycles. The molecule has 0 amide bonds. The fourth-order valence-electron chi connectivity index (χ4n) is 1.89. The van der Waals surface area contributed by atoms with Gasteiger partial charge in [-0.2, -0.15) is 0 Å². The average molecular weight is 295 g/mol. The maximum absolute atomic E-state index is 11.8. The average Bonchev–Trinajstić information content (AvgIpc) is 3.17. The highest BCUT2D eigenvalue weighted by molar-refractivity contribution is 6.11. The maximum Gasteiger partial charge on any atom is 0.363 e. The number of hydrogen-bond donors (Lipinski definition) is 0. The van der Waals surface area contributed by atoms with Crippen LogP contribution in [0.5, 0.6) is 5.75 Å². The van der Waals surface area contributed by atoms with E-state index < -0.39 is 5.97 Å². The Morgan fingerprint density at radius 1 is 1.23 bits per heavy atom. The molecule has 0 spiro atoms. The van der Waals surface area contributed by atoms with Crippen molar-refractivity contribution in [2.75, 3.05) is 6.61 Å². The molecule has 0 atom stereocenters. The number of nitrogens with zero attached hydrogens (tertiary/aromatic N) is 1. The second-order valence-electron chi connectivity index (χ2n) is 4.48. The molecule has 0 fully saturated rings. The molecule has 0 N–H and O–H groups in total. The highest BCUT2D eigenvalue weighted by Gasteiger charge is 2.25. The summed E-state index contributed by atoms with van der Waals surface area (Å²) in [7, 11) is 0. The van der Waals surface area contributed by atoms with Gasteiger partial charge in [0.1, 0.15) is 12.4 Å². The van der Waals surface area contributed by atoms with Crippen LogP contribution in [0, 0.1) is 0 Å². The van der Waals surface area contributed by atoms with Gasteiger partial charge in [-0.1, -0.05) is 24.8 Å². The van der Waals surface area contributed by atoms with E-state index in [1.165, 1.54) is 6.26 Å². The molecule has 0 radical (unpaired) electrons. The van der Waals surface area contributed by atoms with Crippen molar-refractivity contribution in [2.45, 2.75) is 0 Å². The first-order valence-corrected chi connectivity index (χ1v) is 6.66. The van der Waals surface area contributed by atoms with Crippen LogP contribution >= 0.6 is 0 Å². The summed E-state index contributed by atoms with van der Waals surface area (Å²) in [6.45, 7) is 4.04. The van der Waals surface area contributed by atoms with Gasteiger partial charge < -0.3 is 13.9 Å². The molecule has 1 aromatic heterocycles. The van der Waals surface area contributed by atoms with E-state index >= 15 is 0 Å². The molecule has 0 saturated heterocycles. The summed E-state index contributed by atoms with van der Waals surface area (Å²) in [4.78, 5) is 16.0. The van der Waals surface area contributed by atoms with Gasteiger partial charge in [0.25, 0.3) is 5.90 Å². The van der Waals surface area contributed by atoms with Crippen LogP contribution in [-0.2, 0) is 9.53 Å². The first-order valence-electron chi connectivity index (χ1n) is 6.66. The van der Waals surface area contributed by atoms with Gasteiger partial charge in [-0.15, -0.1) is 0 Å². The van der Waals surface area contributed by atoms with Crippen molar-refractivity contribution >= 4 is 17.9 Å². The number of rotatable bonds is 5. The lowest BCUT2D eigenvalue weighted by molar-refractivity contribution is -0.130. The van der Waals surface area contributed by atoms with Gasteiger partial charge in [-0.25, -0.2) is 9.79 Å². The molecule has 2 aromatic rings. The molecule has 1 aliphatic rings. The molecule has 0 saturated carbocycles. The van der Waals surface area contributed by atoms with E-state index in [1.54, 1.807) is 24.3 Å². The SMILES string of the molecule is C=CCOc1ccc(/C=C2/N=C(c3ccco3)OC2=O)cc1. The van der Waals surface area contributed by atoms with E-state index in [0.29, 0.717) is 12.4 Å². The van der Waals surface area contributed by atoms with Gasteiger partial charge >= 0.3 is 5.97 Å². The minimum atomic E-state index is -0.501. The lowest BCUT2D eigenvalue weighted by Crippen LogP contribution is -2.04. The Morgan fingerprint density at radius 2 is 2.05 bits per heavy atom. The monoisotopic (exact) mass is 295 g/mol. The summed E-state index contributed by atoms with van der Waals surface area (Å²) < 4.78 is 15.6. The molecule has 110 valence electrons. The minimum absolute atomic E-state index is 0.173. The second-order valence-corrected chi connectivity index (χ2v) is 4.48. The van der Waals surface area contributed by atoms with Crippen LogP contribution < -0.4 is 4.74 Å². The van der Waals surface area contributed by atoms with Crippen LogP contribution in [0.3, 0.4) is 0 Å². The van der Waals surface area contributed by atoms with Crippen LogP contribution in [0.1, 0.15) is 11.3 Å². The Kier molecular flexibility index (Phi) is 3.87. The standard InChI is InChI=1S/C17H13NO4/c1-2-9-20-13-7-5-12(6-8-13)11-14-17(19)22-16(18-14)15-4-3-10-21-15/h2-8,10-11H,1,9H2/b14-11+. The molecule has 22 heavy (non-hydrogen) atoms. The topological polar surface area (TPSA) is 61.0 Å². The molecular formula is C17H13NO4. The van der Waals surface area contributed by atoms with Crippen molar-refractivity contribution in [3.05, 3.63) is 72.3 Å². The van der Waals surface area contributed by atoms with Crippen LogP contribution in [0.25, 0.3) is 6.08 Å². The molecule has 0 unspecified atom stereocenters. The lowest BCUT2D eigenvalue weighted by atomic mass is 10.2. The van der Waals surface area contributed by atoms with Crippen molar-refractivity contribution in [3.63, 3.8) is 0 Å². The van der Waals surface area contributed by atoms with E-state index in [2.05, 4.69) is 11.6 Å². The number of cyclic esters (lactones) is 1. The van der Waals surface area contributed by atoms with Gasteiger partial charge in [0.05, 0.1) is 6.26 Å². The van der Waals surface area contributed by atoms with Gasteiger partial charge in [-0.05, 0) is 35.9 Å². The third-order valence-corrected chi connectivity index (χ3v) is 2.90. The van der Waals surface area contributed by atoms with E-state index in [0.717, 1.165) is 11.3 Å². The van der Waals surface area contributed by atoms with Crippen molar-refractivity contribution < 1.29 is 18.7 Å². The van der Waals surface area contributed by atoms with Gasteiger partial charge in [0, 0.05) is 0 Å². The maximum atomic E-state index is 11.8. The molecule has 3 rings (SSSR count). The Morgan fingerprint density at radius 3 is 2.73 bits per heavy atom. The van der Waals surface area contributed by atoms with Gasteiger partial charge in [0.2, 0.25) is 0 Å². The fraction of sp³-hybridized carbons (Fsp3) is 0.0588. The smallest absolute Gasteiger partial charge is 0.363 e. The number of carbonyl (C=O) groups excluding carboxylic acids is 1. The number of benzene rings is 1. The van der Waals surface area contributed by atoms with E-state index in [9.17, 15) is 4.79 Å². The van der Waals surface area contributed by atoms with Crippen molar-refractivity contribution in [3.8, 4) is 5.75 Å². The lowest BCUT2D eigenvalue weighted by Gasteiger charge is -2.02. The number of carbonyl (C=O) groups is 1. The Balaban J connectivity index is 1.79. The summed E-state index contributed by atoms with van der Waals surface area (Å²) in [6.07, 6.45) is 4.82. The highest BCUT2D eigenvalue weighted by Crippen LogP contribution is 2.20. The third kappa shape index (κ3) is 2.98. The molecule has 5 heteroatoms. The zero-order valence-electron chi connectivity index (χ0n) is 11.7. The predicted molar refractivity (Wildman–Crippen MR) is 81.4 cm³/mol. The molecule has 0 aliphatic carbocycles. The highest BCUT2D eigenvalue weighted by atomic mass is 16.6. The summed E-state index contributed by atoms with van der Waals surface area (Å²) in [5, 5.41) is 0. The van der Waals surface area contributed by atoms with E-state index in [1.807, 2.05) is 24.3 Å². The van der Waals surface area contributed by atoms with Crippen molar-refractivity contribution in [1.82, 2.24) is 0 Å². The van der Waals surface area contributed by atoms with Crippen LogP contribution in [0.2, 0.25) is 0 Å². The Labute approximate surface area is 127 Å². The first-order chi connectivity index (χ1) is 10.8. The molecule has 1 aromatic carbocycles. The van der Waals surface area contributed by atoms with Crippen molar-refractivity contribution in [2.24, 2.45) is 4.99 Å². The predicted octanol–water partition coefficient (Wildman–Crippen LogP) is 3.19. The number of esters is 1. The fourth-order valence-corrected chi connectivity index (χ4v) is 1.89. The normalized spacial score (nSPS) is 15.5. The largest absolute Gasteiger partial charge is 0.490 e. The quantitative estimate of drug-likeness (QED) is 0.483. The summed E-state index contributed by atoms with van der Waals surface area (Å²) in [5.41, 5.74) is 1.05. The van der Waals surface area contributed by atoms with Gasteiger partial charge in [0.15, 0.2) is 11.5 Å². The van der Waals surface area contributed by atoms with E-state index in [-0.39, 0.29) is 11.6 Å². The molecule has 5 nitrogen and oxygen atoms in total. The van der Waals surface area contributed by atoms with Crippen molar-refractivity contribution in [1.29, 1.82) is 0 Å².